The van der Waals surface area contributed by atoms with Gasteiger partial charge in [-0.05, 0) is 19.1 Å². The van der Waals surface area contributed by atoms with Crippen molar-refractivity contribution in [3.05, 3.63) is 0 Å². The van der Waals surface area contributed by atoms with Crippen LogP contribution in [0.2, 0.25) is 0 Å². The quantitative estimate of drug-likeness (QED) is 0.802. The third kappa shape index (κ3) is 4.53. The Morgan fingerprint density at radius 1 is 1.50 bits per heavy atom. The first-order valence-electron chi connectivity index (χ1n) is 4.76. The second-order valence-electron chi connectivity index (χ2n) is 3.46. The lowest BCUT2D eigenvalue weighted by atomic mass is 10.1. The average Bonchev–Trinajstić information content (AvgIpc) is 2.15. The zero-order valence-electron chi connectivity index (χ0n) is 8.57. The van der Waals surface area contributed by atoms with E-state index in [1.54, 1.807) is 11.8 Å². The van der Waals surface area contributed by atoms with E-state index in [1.165, 1.54) is 0 Å². The van der Waals surface area contributed by atoms with Gasteiger partial charge in [0, 0.05) is 31.3 Å². The van der Waals surface area contributed by atoms with Gasteiger partial charge in [-0.25, -0.2) is 0 Å². The number of thioether (sulfide) groups is 1. The van der Waals surface area contributed by atoms with Crippen LogP contribution < -0.4 is 5.73 Å². The summed E-state index contributed by atoms with van der Waals surface area (Å²) in [6, 6.07) is 0.310. The molecule has 1 saturated heterocycles. The molecule has 0 atom stereocenters. The molecule has 2 N–H and O–H groups in total. The number of carbonyl (C=O) groups is 1. The Hall–Kier alpha value is 0.0700. The fraction of sp³-hybridized carbons (Fsp3) is 0.889. The van der Waals surface area contributed by atoms with Crippen molar-refractivity contribution in [2.45, 2.75) is 25.3 Å². The van der Waals surface area contributed by atoms with Gasteiger partial charge in [-0.1, -0.05) is 0 Å². The summed E-state index contributed by atoms with van der Waals surface area (Å²) in [6.07, 6.45) is 4.63. The average molecular weight is 239 g/mol. The number of hydrogen-bond acceptors (Lipinski definition) is 3. The molecule has 84 valence electrons. The maximum Gasteiger partial charge on any atom is 0.223 e. The van der Waals surface area contributed by atoms with Crippen LogP contribution in [0.4, 0.5) is 0 Å². The Bertz CT molecular complexity index is 172. The molecule has 5 heteroatoms. The first-order valence-corrected chi connectivity index (χ1v) is 6.15. The second-order valence-corrected chi connectivity index (χ2v) is 4.45. The minimum atomic E-state index is 0. The van der Waals surface area contributed by atoms with Crippen LogP contribution in [-0.4, -0.2) is 41.9 Å². The van der Waals surface area contributed by atoms with E-state index in [0.717, 1.165) is 31.7 Å². The van der Waals surface area contributed by atoms with E-state index in [-0.39, 0.29) is 12.4 Å². The monoisotopic (exact) mass is 238 g/mol. The van der Waals surface area contributed by atoms with Gasteiger partial charge in [0.2, 0.25) is 5.91 Å². The van der Waals surface area contributed by atoms with Crippen LogP contribution in [0.3, 0.4) is 0 Å². The van der Waals surface area contributed by atoms with E-state index in [0.29, 0.717) is 18.4 Å². The number of nitrogens with two attached hydrogens (primary N) is 1. The molecule has 1 amide bonds. The standard InChI is InChI=1S/C9H18N2OS.ClH/c1-13-7-4-9(12)11-5-2-8(10)3-6-11;/h8H,2-7,10H2,1H3;1H. The molecule has 1 rings (SSSR count). The van der Waals surface area contributed by atoms with Gasteiger partial charge in [0.05, 0.1) is 0 Å². The third-order valence-corrected chi connectivity index (χ3v) is 3.02. The van der Waals surface area contributed by atoms with Gasteiger partial charge in [-0.3, -0.25) is 4.79 Å². The number of nitrogens with zero attached hydrogens (tertiary/aromatic N) is 1. The lowest BCUT2D eigenvalue weighted by Crippen LogP contribution is -2.42. The first kappa shape index (κ1) is 14.1. The van der Waals surface area contributed by atoms with Crippen LogP contribution in [0.1, 0.15) is 19.3 Å². The topological polar surface area (TPSA) is 46.3 Å². The van der Waals surface area contributed by atoms with Crippen molar-refractivity contribution in [2.75, 3.05) is 25.1 Å². The molecule has 14 heavy (non-hydrogen) atoms. The van der Waals surface area contributed by atoms with Crippen molar-refractivity contribution in [1.29, 1.82) is 0 Å². The van der Waals surface area contributed by atoms with Crippen molar-refractivity contribution in [3.63, 3.8) is 0 Å². The molecule has 1 fully saturated rings. The number of likely N-dealkylation sites (tertiary alicyclic amines) is 1. The summed E-state index contributed by atoms with van der Waals surface area (Å²) in [5, 5.41) is 0. The summed E-state index contributed by atoms with van der Waals surface area (Å²) in [4.78, 5) is 13.5. The van der Waals surface area contributed by atoms with Crippen molar-refractivity contribution in [2.24, 2.45) is 5.73 Å². The van der Waals surface area contributed by atoms with Crippen molar-refractivity contribution >= 4 is 30.1 Å². The summed E-state index contributed by atoms with van der Waals surface area (Å²) < 4.78 is 0. The molecule has 0 spiro atoms. The van der Waals surface area contributed by atoms with Crippen molar-refractivity contribution < 1.29 is 4.79 Å². The molecular weight excluding hydrogens is 220 g/mol. The first-order chi connectivity index (χ1) is 6.24. The second kappa shape index (κ2) is 7.37. The molecule has 0 aromatic carbocycles. The zero-order valence-corrected chi connectivity index (χ0v) is 10.2. The molecule has 3 nitrogen and oxygen atoms in total. The van der Waals surface area contributed by atoms with E-state index < -0.39 is 0 Å². The fourth-order valence-corrected chi connectivity index (χ4v) is 1.88. The zero-order chi connectivity index (χ0) is 9.68. The molecule has 1 heterocycles. The SMILES string of the molecule is CSCCC(=O)N1CCC(N)CC1.Cl. The highest BCUT2D eigenvalue weighted by molar-refractivity contribution is 7.98. The number of carbonyl (C=O) groups excluding carboxylic acids is 1. The predicted octanol–water partition coefficient (Wildman–Crippen LogP) is 1.11. The maximum atomic E-state index is 11.5. The summed E-state index contributed by atoms with van der Waals surface area (Å²) in [6.45, 7) is 1.71. The van der Waals surface area contributed by atoms with Gasteiger partial charge in [0.15, 0.2) is 0 Å². The van der Waals surface area contributed by atoms with Crippen LogP contribution in [0.15, 0.2) is 0 Å². The van der Waals surface area contributed by atoms with Crippen LogP contribution in [0.25, 0.3) is 0 Å². The molecule has 1 aliphatic heterocycles. The lowest BCUT2D eigenvalue weighted by Gasteiger charge is -2.30. The van der Waals surface area contributed by atoms with Crippen molar-refractivity contribution in [3.8, 4) is 0 Å². The maximum absolute atomic E-state index is 11.5. The highest BCUT2D eigenvalue weighted by atomic mass is 35.5. The summed E-state index contributed by atoms with van der Waals surface area (Å²) in [7, 11) is 0. The molecule has 0 aromatic heterocycles. The van der Waals surface area contributed by atoms with E-state index in [1.807, 2.05) is 11.2 Å². The Kier molecular flexibility index (Phi) is 7.41. The largest absolute Gasteiger partial charge is 0.343 e. The predicted molar refractivity (Wildman–Crippen MR) is 64.0 cm³/mol. The normalized spacial score (nSPS) is 17.7. The molecule has 0 saturated carbocycles. The molecule has 0 bridgehead atoms. The van der Waals surface area contributed by atoms with Gasteiger partial charge in [0.1, 0.15) is 0 Å². The molecule has 1 aliphatic rings. The fourth-order valence-electron chi connectivity index (χ4n) is 1.50. The summed E-state index contributed by atoms with van der Waals surface area (Å²) >= 11 is 1.72. The van der Waals surface area contributed by atoms with E-state index in [9.17, 15) is 4.79 Å². The minimum absolute atomic E-state index is 0. The van der Waals surface area contributed by atoms with Crippen molar-refractivity contribution in [1.82, 2.24) is 4.90 Å². The third-order valence-electron chi connectivity index (χ3n) is 2.41. The van der Waals surface area contributed by atoms with Gasteiger partial charge in [-0.2, -0.15) is 11.8 Å². The van der Waals surface area contributed by atoms with E-state index in [2.05, 4.69) is 0 Å². The van der Waals surface area contributed by atoms with Gasteiger partial charge >= 0.3 is 0 Å². The number of piperidine rings is 1. The minimum Gasteiger partial charge on any atom is -0.343 e. The Morgan fingerprint density at radius 3 is 2.57 bits per heavy atom. The summed E-state index contributed by atoms with van der Waals surface area (Å²) in [5.74, 6) is 1.22. The van der Waals surface area contributed by atoms with E-state index in [4.69, 9.17) is 5.73 Å². The van der Waals surface area contributed by atoms with Crippen LogP contribution in [-0.2, 0) is 4.79 Å². The molecular formula is C9H19ClN2OS. The Balaban J connectivity index is 0.00000169. The Morgan fingerprint density at radius 2 is 2.07 bits per heavy atom. The number of hydrogen-bond donors (Lipinski definition) is 1. The van der Waals surface area contributed by atoms with Crippen LogP contribution in [0.5, 0.6) is 0 Å². The van der Waals surface area contributed by atoms with Gasteiger partial charge < -0.3 is 10.6 Å². The van der Waals surface area contributed by atoms with Gasteiger partial charge in [0.25, 0.3) is 0 Å². The molecule has 0 aliphatic carbocycles. The van der Waals surface area contributed by atoms with Crippen LogP contribution >= 0.6 is 24.2 Å². The Labute approximate surface area is 96.2 Å². The number of rotatable bonds is 3. The summed E-state index contributed by atoms with van der Waals surface area (Å²) in [5.41, 5.74) is 5.76. The highest BCUT2D eigenvalue weighted by Crippen LogP contribution is 2.10. The van der Waals surface area contributed by atoms with Crippen LogP contribution in [0, 0.1) is 0 Å². The lowest BCUT2D eigenvalue weighted by molar-refractivity contribution is -0.131. The smallest absolute Gasteiger partial charge is 0.223 e. The van der Waals surface area contributed by atoms with E-state index >= 15 is 0 Å². The molecule has 0 radical (unpaired) electrons. The molecule has 0 aromatic rings. The number of halogens is 1. The highest BCUT2D eigenvalue weighted by Gasteiger charge is 2.19. The number of amides is 1. The molecule has 0 unspecified atom stereocenters. The van der Waals surface area contributed by atoms with Gasteiger partial charge in [-0.15, -0.1) is 12.4 Å².